The highest BCUT2D eigenvalue weighted by Gasteiger charge is 2.46. The Hall–Kier alpha value is -2.51. The van der Waals surface area contributed by atoms with Gasteiger partial charge in [-0.15, -0.1) is 0 Å². The van der Waals surface area contributed by atoms with Gasteiger partial charge in [-0.25, -0.2) is 4.90 Å². The Balaban J connectivity index is 1.41. The van der Waals surface area contributed by atoms with Gasteiger partial charge in [0.05, 0.1) is 38.3 Å². The second-order valence-electron chi connectivity index (χ2n) is 7.12. The summed E-state index contributed by atoms with van der Waals surface area (Å²) in [4.78, 5) is 42.2. The summed E-state index contributed by atoms with van der Waals surface area (Å²) >= 11 is 3.37. The van der Waals surface area contributed by atoms with Crippen molar-refractivity contribution < 1.29 is 19.3 Å². The predicted octanol–water partition coefficient (Wildman–Crippen LogP) is 1.12. The van der Waals surface area contributed by atoms with Gasteiger partial charge in [-0.1, -0.05) is 34.1 Å². The zero-order valence-electron chi connectivity index (χ0n) is 15.3. The van der Waals surface area contributed by atoms with Crippen LogP contribution >= 0.6 is 15.9 Å². The largest absolute Gasteiger partial charge is 0.327 e. The van der Waals surface area contributed by atoms with Crippen molar-refractivity contribution in [1.82, 2.24) is 4.90 Å². The number of benzene rings is 2. The van der Waals surface area contributed by atoms with Crippen LogP contribution in [-0.4, -0.2) is 54.8 Å². The van der Waals surface area contributed by atoms with Crippen molar-refractivity contribution in [2.24, 2.45) is 0 Å². The van der Waals surface area contributed by atoms with E-state index in [0.717, 1.165) is 9.37 Å². The van der Waals surface area contributed by atoms with Crippen LogP contribution in [0.15, 0.2) is 59.1 Å². The number of amides is 3. The third-order valence-electron chi connectivity index (χ3n) is 5.44. The number of hydrogen-bond acceptors (Lipinski definition) is 3. The Labute approximate surface area is 171 Å². The fourth-order valence-corrected chi connectivity index (χ4v) is 4.19. The average molecular weight is 443 g/mol. The molecule has 2 saturated heterocycles. The maximum atomic E-state index is 12.9. The third kappa shape index (κ3) is 3.59. The molecule has 0 bridgehead atoms. The Bertz CT molecular complexity index is 893. The number of carbonyl (C=O) groups is 3. The summed E-state index contributed by atoms with van der Waals surface area (Å²) in [5.41, 5.74) is 1.29. The molecule has 0 saturated carbocycles. The van der Waals surface area contributed by atoms with Crippen molar-refractivity contribution in [1.29, 1.82) is 0 Å². The first-order valence-electron chi connectivity index (χ1n) is 9.36. The standard InChI is InChI=1S/C21H20BrN3O3/c22-16-6-8-17(9-7-16)25-19(26)14-18(21(25)28)23-10-12-24(13-11-23)20(27)15-4-2-1-3-5-15/h1-9,18H,10-14H2/p+1/t18-/m0/s1. The lowest BCUT2D eigenvalue weighted by molar-refractivity contribution is -0.918. The first-order valence-corrected chi connectivity index (χ1v) is 10.1. The van der Waals surface area contributed by atoms with Crippen LogP contribution in [0.5, 0.6) is 0 Å². The summed E-state index contributed by atoms with van der Waals surface area (Å²) in [5, 5.41) is 0. The van der Waals surface area contributed by atoms with Crippen LogP contribution < -0.4 is 9.80 Å². The van der Waals surface area contributed by atoms with Gasteiger partial charge in [0.15, 0.2) is 6.04 Å². The molecular formula is C21H21BrN3O3+. The Morgan fingerprint density at radius 3 is 2.25 bits per heavy atom. The van der Waals surface area contributed by atoms with Crippen molar-refractivity contribution in [2.75, 3.05) is 31.1 Å². The van der Waals surface area contributed by atoms with Gasteiger partial charge in [0.25, 0.3) is 11.8 Å². The molecule has 2 aliphatic rings. The summed E-state index contributed by atoms with van der Waals surface area (Å²) in [6.07, 6.45) is 0.219. The van der Waals surface area contributed by atoms with Crippen molar-refractivity contribution in [3.05, 3.63) is 64.6 Å². The smallest absolute Gasteiger partial charge is 0.292 e. The van der Waals surface area contributed by atoms with Gasteiger partial charge >= 0.3 is 0 Å². The first-order chi connectivity index (χ1) is 13.5. The van der Waals surface area contributed by atoms with Gasteiger partial charge in [0.2, 0.25) is 5.91 Å². The van der Waals surface area contributed by atoms with Crippen molar-refractivity contribution in [3.8, 4) is 0 Å². The summed E-state index contributed by atoms with van der Waals surface area (Å²) in [6.45, 7) is 2.49. The Kier molecular flexibility index (Phi) is 5.28. The van der Waals surface area contributed by atoms with E-state index in [-0.39, 0.29) is 30.2 Å². The molecular weight excluding hydrogens is 422 g/mol. The summed E-state index contributed by atoms with van der Waals surface area (Å²) in [6, 6.07) is 16.1. The number of hydrogen-bond donors (Lipinski definition) is 1. The second-order valence-corrected chi connectivity index (χ2v) is 8.03. The van der Waals surface area contributed by atoms with Gasteiger partial charge < -0.3 is 9.80 Å². The monoisotopic (exact) mass is 442 g/mol. The SMILES string of the molecule is O=C(c1ccccc1)N1CC[NH+]([C@H]2CC(=O)N(c3ccc(Br)cc3)C2=O)CC1. The van der Waals surface area contributed by atoms with E-state index < -0.39 is 0 Å². The first kappa shape index (κ1) is 18.8. The molecule has 6 nitrogen and oxygen atoms in total. The molecule has 2 fully saturated rings. The molecule has 3 amide bonds. The van der Waals surface area contributed by atoms with E-state index >= 15 is 0 Å². The quantitative estimate of drug-likeness (QED) is 0.724. The molecule has 0 spiro atoms. The molecule has 0 aromatic heterocycles. The molecule has 28 heavy (non-hydrogen) atoms. The van der Waals surface area contributed by atoms with Crippen LogP contribution in [0.3, 0.4) is 0 Å². The number of anilines is 1. The van der Waals surface area contributed by atoms with E-state index in [4.69, 9.17) is 0 Å². The highest BCUT2D eigenvalue weighted by molar-refractivity contribution is 9.10. The fourth-order valence-electron chi connectivity index (χ4n) is 3.92. The number of quaternary nitrogens is 1. The van der Waals surface area contributed by atoms with Crippen molar-refractivity contribution in [3.63, 3.8) is 0 Å². The normalized spacial score (nSPS) is 20.7. The van der Waals surface area contributed by atoms with Gasteiger partial charge in [0, 0.05) is 10.0 Å². The maximum Gasteiger partial charge on any atom is 0.292 e. The van der Waals surface area contributed by atoms with Crippen LogP contribution in [0.2, 0.25) is 0 Å². The van der Waals surface area contributed by atoms with Gasteiger partial charge in [0.1, 0.15) is 0 Å². The van der Waals surface area contributed by atoms with E-state index in [9.17, 15) is 14.4 Å². The van der Waals surface area contributed by atoms with Crippen LogP contribution in [0.4, 0.5) is 5.69 Å². The van der Waals surface area contributed by atoms with E-state index in [1.165, 1.54) is 4.90 Å². The molecule has 1 atom stereocenters. The predicted molar refractivity (Wildman–Crippen MR) is 108 cm³/mol. The molecule has 2 aromatic carbocycles. The Morgan fingerprint density at radius 1 is 0.964 bits per heavy atom. The number of nitrogens with one attached hydrogen (secondary N) is 1. The second kappa shape index (κ2) is 7.85. The molecule has 0 unspecified atom stereocenters. The summed E-state index contributed by atoms with van der Waals surface area (Å²) in [5.74, 6) is -0.289. The van der Waals surface area contributed by atoms with E-state index in [1.54, 1.807) is 12.1 Å². The average Bonchev–Trinajstić information content (AvgIpc) is 3.03. The lowest BCUT2D eigenvalue weighted by atomic mass is 10.1. The zero-order valence-corrected chi connectivity index (χ0v) is 16.9. The number of piperazine rings is 1. The summed E-state index contributed by atoms with van der Waals surface area (Å²) < 4.78 is 0.900. The number of carbonyl (C=O) groups excluding carboxylic acids is 3. The topological polar surface area (TPSA) is 62.1 Å². The van der Waals surface area contributed by atoms with Crippen LogP contribution in [0, 0.1) is 0 Å². The van der Waals surface area contributed by atoms with Crippen LogP contribution in [0.1, 0.15) is 16.8 Å². The molecule has 2 heterocycles. The lowest BCUT2D eigenvalue weighted by Gasteiger charge is -2.34. The summed E-state index contributed by atoms with van der Waals surface area (Å²) in [7, 11) is 0. The molecule has 0 radical (unpaired) electrons. The minimum absolute atomic E-state index is 0.0185. The van der Waals surface area contributed by atoms with Gasteiger partial charge in [-0.05, 0) is 36.4 Å². The molecule has 1 N–H and O–H groups in total. The van der Waals surface area contributed by atoms with E-state index in [2.05, 4.69) is 15.9 Å². The maximum absolute atomic E-state index is 12.9. The molecule has 0 aliphatic carbocycles. The lowest BCUT2D eigenvalue weighted by Crippen LogP contribution is -3.19. The molecule has 144 valence electrons. The molecule has 2 aliphatic heterocycles. The third-order valence-corrected chi connectivity index (χ3v) is 5.97. The minimum atomic E-state index is -0.370. The van der Waals surface area contributed by atoms with Gasteiger partial charge in [-0.2, -0.15) is 0 Å². The number of halogens is 1. The van der Waals surface area contributed by atoms with E-state index in [1.807, 2.05) is 47.4 Å². The van der Waals surface area contributed by atoms with Crippen molar-refractivity contribution >= 4 is 39.3 Å². The van der Waals surface area contributed by atoms with Crippen LogP contribution in [-0.2, 0) is 9.59 Å². The molecule has 2 aromatic rings. The highest BCUT2D eigenvalue weighted by Crippen LogP contribution is 2.24. The zero-order chi connectivity index (χ0) is 19.7. The number of imide groups is 1. The highest BCUT2D eigenvalue weighted by atomic mass is 79.9. The number of nitrogens with zero attached hydrogens (tertiary/aromatic N) is 2. The molecule has 4 rings (SSSR count). The Morgan fingerprint density at radius 2 is 1.61 bits per heavy atom. The molecule has 7 heteroatoms. The van der Waals surface area contributed by atoms with Crippen molar-refractivity contribution in [2.45, 2.75) is 12.5 Å². The van der Waals surface area contributed by atoms with E-state index in [0.29, 0.717) is 37.4 Å². The van der Waals surface area contributed by atoms with Gasteiger partial charge in [-0.3, -0.25) is 14.4 Å². The number of rotatable bonds is 3. The minimum Gasteiger partial charge on any atom is -0.327 e. The fraction of sp³-hybridized carbons (Fsp3) is 0.286. The van der Waals surface area contributed by atoms with Crippen LogP contribution in [0.25, 0.3) is 0 Å².